The van der Waals surface area contributed by atoms with Crippen LogP contribution in [0.2, 0.25) is 0 Å². The van der Waals surface area contributed by atoms with Gasteiger partial charge in [-0.25, -0.2) is 29.1 Å². The zero-order valence-electron chi connectivity index (χ0n) is 43.1. The predicted octanol–water partition coefficient (Wildman–Crippen LogP) is 6.78. The average molecular weight is 995 g/mol. The Morgan fingerprint density at radius 2 is 1.39 bits per heavy atom. The van der Waals surface area contributed by atoms with E-state index in [0.717, 1.165) is 18.1 Å². The molecule has 3 aromatic rings. The molecule has 1 aliphatic rings. The molecule has 22 heteroatoms. The second kappa shape index (κ2) is 22.0. The van der Waals surface area contributed by atoms with Gasteiger partial charge in [-0.05, 0) is 108 Å². The number of anilines is 2. The summed E-state index contributed by atoms with van der Waals surface area (Å²) < 4.78 is 23.0. The normalized spacial score (nSPS) is 14.8. The molecule has 1 aliphatic heterocycles. The summed E-state index contributed by atoms with van der Waals surface area (Å²) in [7, 11) is 0. The van der Waals surface area contributed by atoms with E-state index in [2.05, 4.69) is 31.2 Å². The molecule has 0 bridgehead atoms. The number of thiazole rings is 1. The number of fused-ring (bicyclic) bond motifs is 1. The molecule has 1 saturated heterocycles. The highest BCUT2D eigenvalue weighted by Crippen LogP contribution is 2.28. The maximum atomic E-state index is 15.0. The number of rotatable bonds is 13. The minimum absolute atomic E-state index is 0.0146. The summed E-state index contributed by atoms with van der Waals surface area (Å²) in [6, 6.07) is 2.95. The Balaban J connectivity index is 1.73. The van der Waals surface area contributed by atoms with Crippen LogP contribution in [0.15, 0.2) is 39.6 Å². The van der Waals surface area contributed by atoms with E-state index in [4.69, 9.17) is 23.9 Å². The molecule has 1 unspecified atom stereocenters. The molecule has 0 saturated carbocycles. The molecule has 0 aliphatic carbocycles. The third-order valence-electron chi connectivity index (χ3n) is 9.61. The van der Waals surface area contributed by atoms with Gasteiger partial charge in [0.15, 0.2) is 10.8 Å². The van der Waals surface area contributed by atoms with Gasteiger partial charge >= 0.3 is 24.2 Å². The number of hydrogen-bond acceptors (Lipinski definition) is 15. The number of hydrogen-bond donors (Lipinski definition) is 4. The summed E-state index contributed by atoms with van der Waals surface area (Å²) in [6.45, 7) is 26.5. The summed E-state index contributed by atoms with van der Waals surface area (Å²) in [5.74, 6) is -1.64. The molecule has 384 valence electrons. The average Bonchev–Trinajstić information content (AvgIpc) is 3.68. The first-order valence-corrected chi connectivity index (χ1v) is 23.8. The fourth-order valence-electron chi connectivity index (χ4n) is 6.60. The number of pyridine rings is 1. The number of aromatic nitrogens is 3. The Hall–Kier alpha value is -6.58. The van der Waals surface area contributed by atoms with E-state index in [-0.39, 0.29) is 73.6 Å². The number of amides is 5. The third kappa shape index (κ3) is 17.1. The Bertz CT molecular complexity index is 2530. The SMILES string of the molecule is CC(C)(C)OC(=O)/C=C/c1c(N2CCN(C(=O)C(CCCNC(=O)OC(C)(C)C)(N/C=N/C(=O)OC(C)(C)C)NC(=O)OC(C)(C)C)CC2)nc2cc(C(=O)Nc3nc(C(C)(C)C)cs3)ccn2c1=O. The number of aliphatic imine (C=N–C) groups is 1. The number of piperazine rings is 1. The van der Waals surface area contributed by atoms with E-state index >= 15 is 0 Å². The van der Waals surface area contributed by atoms with Gasteiger partial charge in [0.05, 0.1) is 17.6 Å². The topological polar surface area (TPSA) is 254 Å². The van der Waals surface area contributed by atoms with Crippen LogP contribution in [0.25, 0.3) is 11.7 Å². The Morgan fingerprint density at radius 3 is 1.96 bits per heavy atom. The number of alkyl carbamates (subject to hydrolysis) is 2. The van der Waals surface area contributed by atoms with Gasteiger partial charge in [-0.15, -0.1) is 11.3 Å². The van der Waals surface area contributed by atoms with Crippen LogP contribution in [-0.2, 0) is 34.0 Å². The van der Waals surface area contributed by atoms with Crippen molar-refractivity contribution in [3.8, 4) is 0 Å². The van der Waals surface area contributed by atoms with Gasteiger partial charge in [0.25, 0.3) is 17.4 Å². The number of carbonyl (C=O) groups is 6. The standard InChI is InChI=1S/C48H70N10O11S/c1-43(2,3)32-28-70-39(52-32)54-36(60)30-19-22-58-33(27-30)53-35(31(37(58)61)17-18-34(59)66-44(4,5)6)56-23-25-57(26-24-56)38(62)48(55-42(65)69-47(13,14)15,51-29-50-41(64)68-46(10,11)12)20-16-21-49-40(63)67-45(7,8)9/h17-19,22,27-29H,16,20-21,23-26H2,1-15H3,(H,49,63)(H,55,65)(H,50,51,64)(H,52,54,60)/b18-17+. The van der Waals surface area contributed by atoms with Crippen molar-refractivity contribution in [2.75, 3.05) is 42.9 Å². The first-order valence-electron chi connectivity index (χ1n) is 22.9. The van der Waals surface area contributed by atoms with Crippen LogP contribution < -0.4 is 31.7 Å². The van der Waals surface area contributed by atoms with E-state index in [1.54, 1.807) is 88.0 Å². The van der Waals surface area contributed by atoms with E-state index in [1.165, 1.54) is 45.0 Å². The minimum Gasteiger partial charge on any atom is -0.457 e. The summed E-state index contributed by atoms with van der Waals surface area (Å²) in [5, 5.41) is 13.3. The van der Waals surface area contributed by atoms with Crippen molar-refractivity contribution in [1.82, 2.24) is 35.2 Å². The molecule has 3 aromatic heterocycles. The Labute approximate surface area is 413 Å². The molecule has 4 rings (SSSR count). The summed E-state index contributed by atoms with van der Waals surface area (Å²) in [4.78, 5) is 111. The second-order valence-electron chi connectivity index (χ2n) is 21.6. The molecule has 4 N–H and O–H groups in total. The molecule has 21 nitrogen and oxygen atoms in total. The van der Waals surface area contributed by atoms with Crippen molar-refractivity contribution in [3.05, 3.63) is 57.0 Å². The van der Waals surface area contributed by atoms with E-state index in [1.807, 2.05) is 26.2 Å². The lowest BCUT2D eigenvalue weighted by molar-refractivity contribution is -0.148. The lowest BCUT2D eigenvalue weighted by Gasteiger charge is -2.42. The molecular formula is C48H70N10O11S. The van der Waals surface area contributed by atoms with Gasteiger partial charge in [-0.1, -0.05) is 20.8 Å². The molecule has 0 spiro atoms. The molecule has 5 amide bonds. The molecular weight excluding hydrogens is 925 g/mol. The van der Waals surface area contributed by atoms with Crippen LogP contribution in [0.5, 0.6) is 0 Å². The summed E-state index contributed by atoms with van der Waals surface area (Å²) >= 11 is 1.29. The smallest absolute Gasteiger partial charge is 0.435 e. The zero-order valence-corrected chi connectivity index (χ0v) is 43.9. The van der Waals surface area contributed by atoms with Crippen LogP contribution in [0.4, 0.5) is 25.3 Å². The summed E-state index contributed by atoms with van der Waals surface area (Å²) in [5.41, 5.74) is -5.03. The molecule has 1 fully saturated rings. The van der Waals surface area contributed by atoms with Crippen LogP contribution >= 0.6 is 11.3 Å². The van der Waals surface area contributed by atoms with Gasteiger partial charge < -0.3 is 39.4 Å². The molecule has 70 heavy (non-hydrogen) atoms. The molecule has 4 heterocycles. The number of nitrogens with zero attached hydrogens (tertiary/aromatic N) is 6. The van der Waals surface area contributed by atoms with Crippen molar-refractivity contribution >= 4 is 76.4 Å². The van der Waals surface area contributed by atoms with Gasteiger partial charge in [-0.2, -0.15) is 4.99 Å². The Morgan fingerprint density at radius 1 is 0.786 bits per heavy atom. The lowest BCUT2D eigenvalue weighted by atomic mass is 9.93. The first kappa shape index (κ1) is 56.0. The van der Waals surface area contributed by atoms with Crippen molar-refractivity contribution in [2.45, 2.75) is 150 Å². The molecule has 1 atom stereocenters. The maximum absolute atomic E-state index is 15.0. The summed E-state index contributed by atoms with van der Waals surface area (Å²) in [6.07, 6.45) is 2.19. The second-order valence-corrected chi connectivity index (χ2v) is 22.5. The third-order valence-corrected chi connectivity index (χ3v) is 10.4. The van der Waals surface area contributed by atoms with E-state index < -0.39 is 69.7 Å². The fourth-order valence-corrected chi connectivity index (χ4v) is 7.54. The Kier molecular flexibility index (Phi) is 17.6. The monoisotopic (exact) mass is 994 g/mol. The highest BCUT2D eigenvalue weighted by Gasteiger charge is 2.44. The van der Waals surface area contributed by atoms with Crippen molar-refractivity contribution < 1.29 is 47.7 Å². The van der Waals surface area contributed by atoms with Gasteiger partial charge in [-0.3, -0.25) is 29.4 Å². The van der Waals surface area contributed by atoms with Crippen LogP contribution in [0, 0.1) is 0 Å². The number of carbonyl (C=O) groups excluding carboxylic acids is 6. The van der Waals surface area contributed by atoms with Gasteiger partial charge in [0, 0.05) is 67.8 Å². The zero-order chi connectivity index (χ0) is 52.6. The molecule has 0 aromatic carbocycles. The predicted molar refractivity (Wildman–Crippen MR) is 267 cm³/mol. The number of ether oxygens (including phenoxy) is 4. The highest BCUT2D eigenvalue weighted by atomic mass is 32.1. The number of esters is 1. The minimum atomic E-state index is -2.00. The van der Waals surface area contributed by atoms with Crippen LogP contribution in [0.3, 0.4) is 0 Å². The van der Waals surface area contributed by atoms with E-state index in [9.17, 15) is 33.6 Å². The molecule has 0 radical (unpaired) electrons. The lowest BCUT2D eigenvalue weighted by Crippen LogP contribution is -2.69. The highest BCUT2D eigenvalue weighted by molar-refractivity contribution is 7.14. The van der Waals surface area contributed by atoms with Crippen molar-refractivity contribution in [2.24, 2.45) is 4.99 Å². The van der Waals surface area contributed by atoms with Crippen LogP contribution in [-0.4, -0.2) is 122 Å². The maximum Gasteiger partial charge on any atom is 0.435 e. The van der Waals surface area contributed by atoms with Crippen molar-refractivity contribution in [3.63, 3.8) is 0 Å². The largest absolute Gasteiger partial charge is 0.457 e. The quantitative estimate of drug-likeness (QED) is 0.0262. The van der Waals surface area contributed by atoms with Gasteiger partial charge in [0.2, 0.25) is 0 Å². The first-order chi connectivity index (χ1) is 32.1. The van der Waals surface area contributed by atoms with Crippen LogP contribution in [0.1, 0.15) is 138 Å². The fraction of sp³-hybridized carbons (Fsp3) is 0.583. The van der Waals surface area contributed by atoms with Gasteiger partial charge in [0.1, 0.15) is 33.9 Å². The number of nitrogens with one attached hydrogen (secondary N) is 4. The van der Waals surface area contributed by atoms with E-state index in [0.29, 0.717) is 5.13 Å². The van der Waals surface area contributed by atoms with Crippen molar-refractivity contribution in [1.29, 1.82) is 0 Å².